The highest BCUT2D eigenvalue weighted by Gasteiger charge is 2.02. The Bertz CT molecular complexity index is 603. The van der Waals surface area contributed by atoms with Crippen molar-refractivity contribution >= 4 is 17.6 Å². The molecule has 0 atom stereocenters. The molecule has 0 fully saturated rings. The Labute approximate surface area is 122 Å². The second-order valence-corrected chi connectivity index (χ2v) is 5.70. The van der Waals surface area contributed by atoms with E-state index in [0.717, 1.165) is 10.6 Å². The van der Waals surface area contributed by atoms with Gasteiger partial charge in [-0.1, -0.05) is 34.5 Å². The summed E-state index contributed by atoms with van der Waals surface area (Å²) in [4.78, 5) is 5.21. The molecular formula is C15H17N3OS. The lowest BCUT2D eigenvalue weighted by molar-refractivity contribution is 0.318. The molecule has 0 aliphatic rings. The van der Waals surface area contributed by atoms with Crippen molar-refractivity contribution in [3.63, 3.8) is 0 Å². The van der Waals surface area contributed by atoms with E-state index in [4.69, 9.17) is 10.9 Å². The summed E-state index contributed by atoms with van der Waals surface area (Å²) >= 11 is 1.71. The molecule has 0 radical (unpaired) electrons. The van der Waals surface area contributed by atoms with E-state index in [1.807, 2.05) is 6.07 Å². The first-order valence-electron chi connectivity index (χ1n) is 6.22. The van der Waals surface area contributed by atoms with Gasteiger partial charge in [-0.3, -0.25) is 4.98 Å². The molecule has 0 saturated heterocycles. The Kier molecular flexibility index (Phi) is 4.63. The van der Waals surface area contributed by atoms with Crippen LogP contribution < -0.4 is 5.73 Å². The molecule has 1 aromatic heterocycles. The Morgan fingerprint density at radius 1 is 1.25 bits per heavy atom. The van der Waals surface area contributed by atoms with E-state index < -0.39 is 0 Å². The Hall–Kier alpha value is -2.01. The van der Waals surface area contributed by atoms with Crippen molar-refractivity contribution in [2.24, 2.45) is 10.9 Å². The molecule has 4 nitrogen and oxygen atoms in total. The Morgan fingerprint density at radius 3 is 2.50 bits per heavy atom. The lowest BCUT2D eigenvalue weighted by atomic mass is 10.1. The van der Waals surface area contributed by atoms with Crippen LogP contribution in [0.25, 0.3) is 0 Å². The van der Waals surface area contributed by atoms with Crippen LogP contribution in [0, 0.1) is 13.8 Å². The van der Waals surface area contributed by atoms with Crippen LogP contribution in [0.15, 0.2) is 46.6 Å². The number of nitrogens with two attached hydrogens (primary N) is 1. The normalized spacial score (nSPS) is 11.6. The highest BCUT2D eigenvalue weighted by molar-refractivity contribution is 7.98. The lowest BCUT2D eigenvalue weighted by Crippen LogP contribution is -2.14. The second kappa shape index (κ2) is 6.43. The number of pyridine rings is 1. The van der Waals surface area contributed by atoms with Gasteiger partial charge in [0.05, 0.1) is 0 Å². The highest BCUT2D eigenvalue weighted by atomic mass is 32.2. The van der Waals surface area contributed by atoms with Crippen LogP contribution >= 0.6 is 11.8 Å². The molecule has 0 spiro atoms. The van der Waals surface area contributed by atoms with Gasteiger partial charge in [0, 0.05) is 16.8 Å². The minimum atomic E-state index is 0.0239. The molecule has 20 heavy (non-hydrogen) atoms. The number of thioether (sulfide) groups is 1. The third kappa shape index (κ3) is 3.74. The van der Waals surface area contributed by atoms with Crippen molar-refractivity contribution in [1.82, 2.24) is 4.98 Å². The van der Waals surface area contributed by atoms with E-state index in [2.05, 4.69) is 42.2 Å². The zero-order valence-corrected chi connectivity index (χ0v) is 12.3. The van der Waals surface area contributed by atoms with Gasteiger partial charge < -0.3 is 10.9 Å². The van der Waals surface area contributed by atoms with Gasteiger partial charge in [0.2, 0.25) is 0 Å². The van der Waals surface area contributed by atoms with E-state index in [1.165, 1.54) is 16.7 Å². The third-order valence-electron chi connectivity index (χ3n) is 2.79. The van der Waals surface area contributed by atoms with Crippen molar-refractivity contribution in [2.75, 3.05) is 0 Å². The molecule has 2 rings (SSSR count). The summed E-state index contributed by atoms with van der Waals surface area (Å²) in [5.74, 6) is 0.920. The molecule has 5 heteroatoms. The minimum Gasteiger partial charge on any atom is -0.409 e. The summed E-state index contributed by atoms with van der Waals surface area (Å²) in [7, 11) is 0. The van der Waals surface area contributed by atoms with Crippen LogP contribution in [0.3, 0.4) is 0 Å². The quantitative estimate of drug-likeness (QED) is 0.298. The van der Waals surface area contributed by atoms with Crippen LogP contribution in [0.1, 0.15) is 22.4 Å². The number of amidine groups is 1. The number of oxime groups is 1. The summed E-state index contributed by atoms with van der Waals surface area (Å²) < 4.78 is 0. The SMILES string of the molecule is Cc1cc(C)cc(CSc2ccc(/C(N)=N/O)nc2)c1. The van der Waals surface area contributed by atoms with Gasteiger partial charge in [-0.05, 0) is 31.5 Å². The van der Waals surface area contributed by atoms with E-state index >= 15 is 0 Å². The van der Waals surface area contributed by atoms with Gasteiger partial charge in [0.25, 0.3) is 0 Å². The maximum absolute atomic E-state index is 8.58. The van der Waals surface area contributed by atoms with Gasteiger partial charge in [0.15, 0.2) is 5.84 Å². The molecule has 104 valence electrons. The Balaban J connectivity index is 2.04. The fourth-order valence-corrected chi connectivity index (χ4v) is 2.78. The molecule has 1 heterocycles. The van der Waals surface area contributed by atoms with Crippen LogP contribution in [0.2, 0.25) is 0 Å². The maximum Gasteiger partial charge on any atom is 0.188 e. The van der Waals surface area contributed by atoms with Gasteiger partial charge in [-0.2, -0.15) is 0 Å². The van der Waals surface area contributed by atoms with E-state index in [0.29, 0.717) is 5.69 Å². The summed E-state index contributed by atoms with van der Waals surface area (Å²) in [6.07, 6.45) is 1.74. The molecule has 2 aromatic rings. The predicted molar refractivity (Wildman–Crippen MR) is 82.2 cm³/mol. The Morgan fingerprint density at radius 2 is 1.95 bits per heavy atom. The summed E-state index contributed by atoms with van der Waals surface area (Å²) in [6.45, 7) is 4.21. The minimum absolute atomic E-state index is 0.0239. The monoisotopic (exact) mass is 287 g/mol. The first kappa shape index (κ1) is 14.4. The van der Waals surface area contributed by atoms with E-state index in [9.17, 15) is 0 Å². The predicted octanol–water partition coefficient (Wildman–Crippen LogP) is 3.09. The molecule has 0 saturated carbocycles. The third-order valence-corrected chi connectivity index (χ3v) is 3.85. The van der Waals surface area contributed by atoms with Crippen molar-refractivity contribution in [3.05, 3.63) is 58.9 Å². The van der Waals surface area contributed by atoms with Crippen LogP contribution in [-0.4, -0.2) is 16.0 Å². The summed E-state index contributed by atoms with van der Waals surface area (Å²) in [5.41, 5.74) is 9.81. The van der Waals surface area contributed by atoms with Gasteiger partial charge in [-0.25, -0.2) is 0 Å². The smallest absolute Gasteiger partial charge is 0.188 e. The summed E-state index contributed by atoms with van der Waals surface area (Å²) in [6, 6.07) is 10.2. The molecule has 0 bridgehead atoms. The highest BCUT2D eigenvalue weighted by Crippen LogP contribution is 2.23. The van der Waals surface area contributed by atoms with E-state index in [-0.39, 0.29) is 5.84 Å². The van der Waals surface area contributed by atoms with Gasteiger partial charge in [0.1, 0.15) is 5.69 Å². The molecular weight excluding hydrogens is 270 g/mol. The van der Waals surface area contributed by atoms with Gasteiger partial charge >= 0.3 is 0 Å². The molecule has 1 aromatic carbocycles. The number of benzene rings is 1. The molecule has 0 amide bonds. The van der Waals surface area contributed by atoms with Crippen LogP contribution in [-0.2, 0) is 5.75 Å². The number of rotatable bonds is 4. The molecule has 0 unspecified atom stereocenters. The maximum atomic E-state index is 8.58. The summed E-state index contributed by atoms with van der Waals surface area (Å²) in [5, 5.41) is 11.5. The molecule has 0 aliphatic heterocycles. The molecule has 3 N–H and O–H groups in total. The van der Waals surface area contributed by atoms with Gasteiger partial charge in [-0.15, -0.1) is 11.8 Å². The number of hydrogen-bond donors (Lipinski definition) is 2. The van der Waals surface area contributed by atoms with Crippen molar-refractivity contribution in [2.45, 2.75) is 24.5 Å². The lowest BCUT2D eigenvalue weighted by Gasteiger charge is -2.05. The fraction of sp³-hybridized carbons (Fsp3) is 0.200. The average molecular weight is 287 g/mol. The largest absolute Gasteiger partial charge is 0.409 e. The van der Waals surface area contributed by atoms with Crippen molar-refractivity contribution in [3.8, 4) is 0 Å². The van der Waals surface area contributed by atoms with E-state index in [1.54, 1.807) is 24.0 Å². The number of aryl methyl sites for hydroxylation is 2. The first-order valence-corrected chi connectivity index (χ1v) is 7.21. The number of nitrogens with zero attached hydrogens (tertiary/aromatic N) is 2. The standard InChI is InChI=1S/C15H17N3OS/c1-10-5-11(2)7-12(6-10)9-20-13-3-4-14(17-8-13)15(16)18-19/h3-8,19H,9H2,1-2H3,(H2,16,18). The zero-order chi connectivity index (χ0) is 14.5. The fourth-order valence-electron chi connectivity index (χ4n) is 1.99. The van der Waals surface area contributed by atoms with Crippen molar-refractivity contribution < 1.29 is 5.21 Å². The first-order chi connectivity index (χ1) is 9.58. The second-order valence-electron chi connectivity index (χ2n) is 4.65. The van der Waals surface area contributed by atoms with Crippen LogP contribution in [0.4, 0.5) is 0 Å². The zero-order valence-electron chi connectivity index (χ0n) is 11.5. The number of hydrogen-bond acceptors (Lipinski definition) is 4. The molecule has 0 aliphatic carbocycles. The average Bonchev–Trinajstić information content (AvgIpc) is 2.44. The topological polar surface area (TPSA) is 71.5 Å². The van der Waals surface area contributed by atoms with Crippen LogP contribution in [0.5, 0.6) is 0 Å². The van der Waals surface area contributed by atoms with Crippen molar-refractivity contribution in [1.29, 1.82) is 0 Å². The number of aromatic nitrogens is 1.